The SMILES string of the molecule is CCOc1ccc(S(=O)(=O)N(C)CCCc2ccccc2)cc1OCC. The van der Waals surface area contributed by atoms with E-state index in [0.29, 0.717) is 31.3 Å². The summed E-state index contributed by atoms with van der Waals surface area (Å²) in [5, 5.41) is 0. The van der Waals surface area contributed by atoms with Crippen LogP contribution in [0.4, 0.5) is 0 Å². The van der Waals surface area contributed by atoms with Crippen molar-refractivity contribution in [3.63, 3.8) is 0 Å². The summed E-state index contributed by atoms with van der Waals surface area (Å²) in [4.78, 5) is 0.214. The van der Waals surface area contributed by atoms with E-state index in [1.165, 1.54) is 15.9 Å². The first-order chi connectivity index (χ1) is 12.5. The zero-order chi connectivity index (χ0) is 19.0. The van der Waals surface area contributed by atoms with Crippen LogP contribution in [0.2, 0.25) is 0 Å². The number of ether oxygens (including phenoxy) is 2. The molecular weight excluding hydrogens is 350 g/mol. The summed E-state index contributed by atoms with van der Waals surface area (Å²) >= 11 is 0. The molecule has 0 bridgehead atoms. The molecule has 0 unspecified atom stereocenters. The predicted molar refractivity (Wildman–Crippen MR) is 103 cm³/mol. The molecule has 0 fully saturated rings. The average molecular weight is 378 g/mol. The van der Waals surface area contributed by atoms with E-state index >= 15 is 0 Å². The molecule has 0 radical (unpaired) electrons. The molecule has 6 heteroatoms. The monoisotopic (exact) mass is 377 g/mol. The van der Waals surface area contributed by atoms with Gasteiger partial charge in [-0.25, -0.2) is 12.7 Å². The van der Waals surface area contributed by atoms with E-state index in [-0.39, 0.29) is 4.90 Å². The maximum atomic E-state index is 12.8. The Labute approximate surface area is 156 Å². The molecule has 142 valence electrons. The van der Waals surface area contributed by atoms with Gasteiger partial charge in [0.1, 0.15) is 0 Å². The van der Waals surface area contributed by atoms with E-state index < -0.39 is 10.0 Å². The first kappa shape index (κ1) is 20.3. The summed E-state index contributed by atoms with van der Waals surface area (Å²) in [6.07, 6.45) is 1.60. The topological polar surface area (TPSA) is 55.8 Å². The van der Waals surface area contributed by atoms with Crippen LogP contribution >= 0.6 is 0 Å². The number of nitrogens with zero attached hydrogens (tertiary/aromatic N) is 1. The lowest BCUT2D eigenvalue weighted by atomic mass is 10.1. The van der Waals surface area contributed by atoms with Crippen molar-refractivity contribution in [1.82, 2.24) is 4.31 Å². The van der Waals surface area contributed by atoms with Gasteiger partial charge >= 0.3 is 0 Å². The van der Waals surface area contributed by atoms with Gasteiger partial charge in [0, 0.05) is 19.7 Å². The molecule has 0 N–H and O–H groups in total. The van der Waals surface area contributed by atoms with Gasteiger partial charge in [-0.05, 0) is 44.4 Å². The van der Waals surface area contributed by atoms with Crippen molar-refractivity contribution in [1.29, 1.82) is 0 Å². The Hall–Kier alpha value is -2.05. The fraction of sp³-hybridized carbons (Fsp3) is 0.400. The Morgan fingerprint density at radius 3 is 2.23 bits per heavy atom. The smallest absolute Gasteiger partial charge is 0.242 e. The number of hydrogen-bond acceptors (Lipinski definition) is 4. The summed E-state index contributed by atoms with van der Waals surface area (Å²) in [6.45, 7) is 5.12. The molecule has 0 saturated heterocycles. The molecule has 0 spiro atoms. The van der Waals surface area contributed by atoms with E-state index in [4.69, 9.17) is 9.47 Å². The summed E-state index contributed by atoms with van der Waals surface area (Å²) in [7, 11) is -1.96. The molecule has 26 heavy (non-hydrogen) atoms. The third-order valence-electron chi connectivity index (χ3n) is 4.00. The van der Waals surface area contributed by atoms with Gasteiger partial charge in [0.15, 0.2) is 11.5 Å². The van der Waals surface area contributed by atoms with Gasteiger partial charge in [0.25, 0.3) is 0 Å². The second kappa shape index (κ2) is 9.59. The lowest BCUT2D eigenvalue weighted by Crippen LogP contribution is -2.28. The van der Waals surface area contributed by atoms with Crippen LogP contribution in [0.3, 0.4) is 0 Å². The van der Waals surface area contributed by atoms with Gasteiger partial charge in [0.2, 0.25) is 10.0 Å². The zero-order valence-corrected chi connectivity index (χ0v) is 16.5. The minimum absolute atomic E-state index is 0.214. The number of sulfonamides is 1. The summed E-state index contributed by atoms with van der Waals surface area (Å²) in [5.41, 5.74) is 1.21. The Morgan fingerprint density at radius 1 is 0.923 bits per heavy atom. The molecule has 0 aliphatic rings. The van der Waals surface area contributed by atoms with Crippen LogP contribution in [0.25, 0.3) is 0 Å². The molecule has 0 amide bonds. The van der Waals surface area contributed by atoms with Crippen LogP contribution in [0.15, 0.2) is 53.4 Å². The van der Waals surface area contributed by atoms with Crippen molar-refractivity contribution in [3.8, 4) is 11.5 Å². The molecule has 0 saturated carbocycles. The number of aryl methyl sites for hydroxylation is 1. The Morgan fingerprint density at radius 2 is 1.58 bits per heavy atom. The van der Waals surface area contributed by atoms with Crippen LogP contribution < -0.4 is 9.47 Å². The van der Waals surface area contributed by atoms with Crippen LogP contribution in [-0.4, -0.2) is 39.5 Å². The highest BCUT2D eigenvalue weighted by molar-refractivity contribution is 7.89. The average Bonchev–Trinajstić information content (AvgIpc) is 2.64. The number of benzene rings is 2. The van der Waals surface area contributed by atoms with Crippen molar-refractivity contribution in [3.05, 3.63) is 54.1 Å². The second-order valence-electron chi connectivity index (χ2n) is 5.89. The summed E-state index contributed by atoms with van der Waals surface area (Å²) < 4.78 is 38.1. The quantitative estimate of drug-likeness (QED) is 0.633. The van der Waals surface area contributed by atoms with Crippen molar-refractivity contribution in [2.24, 2.45) is 0 Å². The van der Waals surface area contributed by atoms with E-state index in [1.54, 1.807) is 19.2 Å². The lowest BCUT2D eigenvalue weighted by Gasteiger charge is -2.18. The van der Waals surface area contributed by atoms with Crippen molar-refractivity contribution in [2.75, 3.05) is 26.8 Å². The molecule has 0 aromatic heterocycles. The van der Waals surface area contributed by atoms with E-state index in [2.05, 4.69) is 12.1 Å². The molecule has 2 aromatic carbocycles. The molecule has 0 aliphatic carbocycles. The normalized spacial score (nSPS) is 11.5. The largest absolute Gasteiger partial charge is 0.490 e. The van der Waals surface area contributed by atoms with Gasteiger partial charge in [-0.15, -0.1) is 0 Å². The van der Waals surface area contributed by atoms with Crippen LogP contribution in [0.5, 0.6) is 11.5 Å². The molecule has 2 aromatic rings. The highest BCUT2D eigenvalue weighted by atomic mass is 32.2. The Balaban J connectivity index is 2.08. The Kier molecular flexibility index (Phi) is 7.48. The van der Waals surface area contributed by atoms with Gasteiger partial charge in [0.05, 0.1) is 18.1 Å². The number of hydrogen-bond donors (Lipinski definition) is 0. The first-order valence-corrected chi connectivity index (χ1v) is 10.3. The summed E-state index contributed by atoms with van der Waals surface area (Å²) in [5.74, 6) is 1.01. The molecule has 0 atom stereocenters. The summed E-state index contributed by atoms with van der Waals surface area (Å²) in [6, 6.07) is 14.8. The maximum Gasteiger partial charge on any atom is 0.242 e. The highest BCUT2D eigenvalue weighted by Gasteiger charge is 2.22. The minimum Gasteiger partial charge on any atom is -0.490 e. The highest BCUT2D eigenvalue weighted by Crippen LogP contribution is 2.31. The third kappa shape index (κ3) is 5.22. The molecule has 0 aliphatic heterocycles. The van der Waals surface area contributed by atoms with E-state index in [1.807, 2.05) is 32.0 Å². The predicted octanol–water partition coefficient (Wildman–Crippen LogP) is 3.74. The molecule has 2 rings (SSSR count). The zero-order valence-electron chi connectivity index (χ0n) is 15.6. The molecule has 5 nitrogen and oxygen atoms in total. The van der Waals surface area contributed by atoms with E-state index in [9.17, 15) is 8.42 Å². The van der Waals surface area contributed by atoms with Crippen LogP contribution in [0.1, 0.15) is 25.8 Å². The van der Waals surface area contributed by atoms with Gasteiger partial charge in [-0.2, -0.15) is 0 Å². The maximum absolute atomic E-state index is 12.8. The van der Waals surface area contributed by atoms with Crippen LogP contribution in [0, 0.1) is 0 Å². The van der Waals surface area contributed by atoms with Crippen molar-refractivity contribution < 1.29 is 17.9 Å². The lowest BCUT2D eigenvalue weighted by molar-refractivity contribution is 0.287. The first-order valence-electron chi connectivity index (χ1n) is 8.89. The standard InChI is InChI=1S/C20H27NO4S/c1-4-24-19-14-13-18(16-20(19)25-5-2)26(22,23)21(3)15-9-12-17-10-7-6-8-11-17/h6-8,10-11,13-14,16H,4-5,9,12,15H2,1-3H3. The number of rotatable bonds is 10. The fourth-order valence-electron chi connectivity index (χ4n) is 2.64. The van der Waals surface area contributed by atoms with Crippen molar-refractivity contribution in [2.45, 2.75) is 31.6 Å². The fourth-order valence-corrected chi connectivity index (χ4v) is 3.87. The van der Waals surface area contributed by atoms with E-state index in [0.717, 1.165) is 12.8 Å². The molecular formula is C20H27NO4S. The van der Waals surface area contributed by atoms with Crippen LogP contribution in [-0.2, 0) is 16.4 Å². The second-order valence-corrected chi connectivity index (χ2v) is 7.94. The third-order valence-corrected chi connectivity index (χ3v) is 5.86. The van der Waals surface area contributed by atoms with Crippen molar-refractivity contribution >= 4 is 10.0 Å². The van der Waals surface area contributed by atoms with Gasteiger partial charge < -0.3 is 9.47 Å². The Bertz CT molecular complexity index is 791. The molecule has 0 heterocycles. The minimum atomic E-state index is -3.57. The van der Waals surface area contributed by atoms with Gasteiger partial charge in [-0.3, -0.25) is 0 Å². The van der Waals surface area contributed by atoms with Gasteiger partial charge in [-0.1, -0.05) is 30.3 Å².